The number of nitrogens with zero attached hydrogens (tertiary/aromatic N) is 3. The van der Waals surface area contributed by atoms with Crippen LogP contribution in [-0.2, 0) is 14.6 Å². The quantitative estimate of drug-likeness (QED) is 0.343. The summed E-state index contributed by atoms with van der Waals surface area (Å²) >= 11 is 0. The van der Waals surface area contributed by atoms with Gasteiger partial charge in [-0.15, -0.1) is 0 Å². The minimum Gasteiger partial charge on any atom is -0.398 e. The molecule has 3 heterocycles. The van der Waals surface area contributed by atoms with E-state index in [1.807, 2.05) is 4.90 Å². The number of aromatic nitrogens is 3. The number of anilines is 3. The smallest absolute Gasteiger partial charge is 0.347 e. The van der Waals surface area contributed by atoms with E-state index in [1.54, 1.807) is 33.0 Å². The predicted octanol–water partition coefficient (Wildman–Crippen LogP) is 2.05. The molecule has 1 saturated heterocycles. The van der Waals surface area contributed by atoms with Crippen LogP contribution in [0.15, 0.2) is 52.4 Å². The van der Waals surface area contributed by atoms with Gasteiger partial charge in [-0.1, -0.05) is 6.07 Å². The number of benzene rings is 1. The topological polar surface area (TPSA) is 172 Å². The molecule has 0 radical (unpaired) electrons. The van der Waals surface area contributed by atoms with Crippen LogP contribution in [0.3, 0.4) is 0 Å². The fraction of sp³-hybridized carbons (Fsp3) is 0.360. The maximum Gasteiger partial charge on any atom is 0.347 e. The van der Waals surface area contributed by atoms with Crippen LogP contribution in [0.2, 0.25) is 0 Å². The van der Waals surface area contributed by atoms with Crippen molar-refractivity contribution in [2.24, 2.45) is 5.92 Å². The number of nitrogens with one attached hydrogen (secondary N) is 3. The van der Waals surface area contributed by atoms with Crippen molar-refractivity contribution in [3.8, 4) is 11.3 Å². The minimum absolute atomic E-state index is 0.0117. The summed E-state index contributed by atoms with van der Waals surface area (Å²) in [6.07, 6.45) is 4.07. The summed E-state index contributed by atoms with van der Waals surface area (Å²) in [5.41, 5.74) is 7.47. The second-order valence-electron chi connectivity index (χ2n) is 9.38. The van der Waals surface area contributed by atoms with Crippen LogP contribution in [0.5, 0.6) is 0 Å². The summed E-state index contributed by atoms with van der Waals surface area (Å²) in [5, 5.41) is 8.92. The number of aromatic amines is 1. The highest BCUT2D eigenvalue weighted by atomic mass is 32.2. The molecule has 1 aromatic carbocycles. The number of carbonyl (C=O) groups is 2. The molecule has 0 spiro atoms. The Morgan fingerprint density at radius 1 is 1.16 bits per heavy atom. The minimum atomic E-state index is -3.66. The summed E-state index contributed by atoms with van der Waals surface area (Å²) in [6, 6.07) is 6.94. The molecular weight excluding hydrogens is 510 g/mol. The van der Waals surface area contributed by atoms with Gasteiger partial charge in [-0.25, -0.2) is 13.2 Å². The molecule has 0 unspecified atom stereocenters. The molecule has 5 N–H and O–H groups in total. The Morgan fingerprint density at radius 2 is 1.87 bits per heavy atom. The third-order valence-corrected chi connectivity index (χ3v) is 8.88. The second kappa shape index (κ2) is 10.7. The molecule has 13 heteroatoms. The number of hydrogen-bond donors (Lipinski definition) is 4. The first-order chi connectivity index (χ1) is 18.0. The Balaban J connectivity index is 1.61. The maximum absolute atomic E-state index is 13.3. The van der Waals surface area contributed by atoms with E-state index < -0.39 is 21.1 Å². The number of sulfone groups is 1. The summed E-state index contributed by atoms with van der Waals surface area (Å²) in [7, 11) is -2.05. The maximum atomic E-state index is 13.3. The lowest BCUT2D eigenvalue weighted by molar-refractivity contribution is -0.125. The third-order valence-electron chi connectivity index (χ3n) is 6.67. The number of H-pyrrole nitrogens is 1. The first-order valence-electron chi connectivity index (χ1n) is 12.2. The number of carbonyl (C=O) groups excluding carboxylic acids is 2. The molecule has 0 saturated carbocycles. The van der Waals surface area contributed by atoms with E-state index in [0.717, 1.165) is 4.68 Å². The number of pyridine rings is 1. The molecule has 12 nitrogen and oxygen atoms in total. The number of amides is 2. The fourth-order valence-corrected chi connectivity index (χ4v) is 5.65. The standard InChI is InChI=1S/C25H31N7O5S/c1-15(2)38(36,37)22-12-17(4-5-18(22)26)20-6-9-29-32(20)25(35)30-19-14-28-23(33)13-21(19)31-10-7-16(8-11-31)24(34)27-3/h4-6,9,12-16H,7-8,10-11,26H2,1-3H3,(H,27,34)(H,28,33)(H,30,35). The zero-order chi connectivity index (χ0) is 27.6. The molecule has 2 aromatic heterocycles. The molecule has 1 aliphatic rings. The van der Waals surface area contributed by atoms with Gasteiger partial charge in [-0.05, 0) is 44.9 Å². The third kappa shape index (κ3) is 5.28. The molecule has 0 bridgehead atoms. The lowest BCUT2D eigenvalue weighted by Crippen LogP contribution is -2.40. The highest BCUT2D eigenvalue weighted by Crippen LogP contribution is 2.31. The Labute approximate surface area is 220 Å². The van der Waals surface area contributed by atoms with Crippen molar-refractivity contribution in [2.75, 3.05) is 36.1 Å². The van der Waals surface area contributed by atoms with Crippen molar-refractivity contribution in [3.05, 3.63) is 53.1 Å². The van der Waals surface area contributed by atoms with Crippen molar-refractivity contribution in [3.63, 3.8) is 0 Å². The zero-order valence-corrected chi connectivity index (χ0v) is 22.2. The van der Waals surface area contributed by atoms with E-state index >= 15 is 0 Å². The van der Waals surface area contributed by atoms with Gasteiger partial charge >= 0.3 is 6.03 Å². The number of hydrogen-bond acceptors (Lipinski definition) is 8. The molecule has 0 atom stereocenters. The normalized spacial score (nSPS) is 14.5. The number of nitrogens with two attached hydrogens (primary N) is 1. The van der Waals surface area contributed by atoms with Crippen molar-refractivity contribution in [1.82, 2.24) is 20.1 Å². The van der Waals surface area contributed by atoms with Crippen molar-refractivity contribution in [2.45, 2.75) is 36.8 Å². The Bertz CT molecular complexity index is 1520. The lowest BCUT2D eigenvalue weighted by atomic mass is 9.95. The van der Waals surface area contributed by atoms with Gasteiger partial charge in [-0.2, -0.15) is 9.78 Å². The Hall–Kier alpha value is -4.13. The average molecular weight is 542 g/mol. The van der Waals surface area contributed by atoms with Gasteiger partial charge in [0.15, 0.2) is 9.84 Å². The van der Waals surface area contributed by atoms with Gasteiger partial charge < -0.3 is 26.3 Å². The number of nitrogen functional groups attached to an aromatic ring is 1. The SMILES string of the molecule is CNC(=O)C1CCN(c2cc(=O)[nH]cc2NC(=O)n2nccc2-c2ccc(N)c(S(=O)(=O)C(C)C)c2)CC1. The summed E-state index contributed by atoms with van der Waals surface area (Å²) < 4.78 is 26.7. The summed E-state index contributed by atoms with van der Waals surface area (Å²) in [5.74, 6) is -0.116. The van der Waals surface area contributed by atoms with Crippen LogP contribution in [0, 0.1) is 5.92 Å². The van der Waals surface area contributed by atoms with E-state index in [0.29, 0.717) is 48.6 Å². The van der Waals surface area contributed by atoms with Gasteiger partial charge in [0.2, 0.25) is 11.5 Å². The van der Waals surface area contributed by atoms with E-state index in [2.05, 4.69) is 20.7 Å². The van der Waals surface area contributed by atoms with Crippen molar-refractivity contribution >= 4 is 38.8 Å². The zero-order valence-electron chi connectivity index (χ0n) is 21.4. The van der Waals surface area contributed by atoms with Gasteiger partial charge in [0.25, 0.3) is 0 Å². The summed E-state index contributed by atoms with van der Waals surface area (Å²) in [6.45, 7) is 4.22. The molecule has 0 aliphatic carbocycles. The molecule has 1 aliphatic heterocycles. The van der Waals surface area contributed by atoms with Crippen LogP contribution in [0.1, 0.15) is 26.7 Å². The summed E-state index contributed by atoms with van der Waals surface area (Å²) in [4.78, 5) is 41.9. The number of rotatable bonds is 6. The largest absolute Gasteiger partial charge is 0.398 e. The van der Waals surface area contributed by atoms with Crippen LogP contribution >= 0.6 is 0 Å². The predicted molar refractivity (Wildman–Crippen MR) is 145 cm³/mol. The molecule has 3 aromatic rings. The van der Waals surface area contributed by atoms with E-state index in [-0.39, 0.29) is 28.0 Å². The molecular formula is C25H31N7O5S. The average Bonchev–Trinajstić information content (AvgIpc) is 3.39. The molecule has 38 heavy (non-hydrogen) atoms. The monoisotopic (exact) mass is 541 g/mol. The molecule has 4 rings (SSSR count). The van der Waals surface area contributed by atoms with E-state index in [1.165, 1.54) is 30.6 Å². The van der Waals surface area contributed by atoms with Crippen LogP contribution in [0.25, 0.3) is 11.3 Å². The van der Waals surface area contributed by atoms with Crippen molar-refractivity contribution in [1.29, 1.82) is 0 Å². The van der Waals surface area contributed by atoms with Crippen LogP contribution < -0.4 is 26.8 Å². The van der Waals surface area contributed by atoms with Gasteiger partial charge in [0.1, 0.15) is 0 Å². The fourth-order valence-electron chi connectivity index (χ4n) is 4.46. The molecule has 1 fully saturated rings. The van der Waals surface area contributed by atoms with Crippen LogP contribution in [0.4, 0.5) is 21.9 Å². The number of piperidine rings is 1. The first-order valence-corrected chi connectivity index (χ1v) is 13.8. The van der Waals surface area contributed by atoms with E-state index in [4.69, 9.17) is 5.73 Å². The van der Waals surface area contributed by atoms with Crippen molar-refractivity contribution < 1.29 is 18.0 Å². The lowest BCUT2D eigenvalue weighted by Gasteiger charge is -2.33. The Kier molecular flexibility index (Phi) is 7.58. The first kappa shape index (κ1) is 26.9. The highest BCUT2D eigenvalue weighted by molar-refractivity contribution is 7.92. The van der Waals surface area contributed by atoms with Gasteiger partial charge in [0.05, 0.1) is 39.1 Å². The van der Waals surface area contributed by atoms with Crippen LogP contribution in [-0.4, -0.2) is 60.5 Å². The van der Waals surface area contributed by atoms with E-state index in [9.17, 15) is 22.8 Å². The highest BCUT2D eigenvalue weighted by Gasteiger charge is 2.27. The van der Waals surface area contributed by atoms with Gasteiger partial charge in [-0.3, -0.25) is 9.59 Å². The second-order valence-corrected chi connectivity index (χ2v) is 11.8. The molecule has 2 amide bonds. The molecule has 202 valence electrons. The van der Waals surface area contributed by atoms with Gasteiger partial charge in [0, 0.05) is 43.9 Å². The Morgan fingerprint density at radius 3 is 2.53 bits per heavy atom.